The summed E-state index contributed by atoms with van der Waals surface area (Å²) in [5.74, 6) is -0.980. The third-order valence-electron chi connectivity index (χ3n) is 2.78. The van der Waals surface area contributed by atoms with Crippen molar-refractivity contribution in [3.63, 3.8) is 0 Å². The lowest BCUT2D eigenvalue weighted by Crippen LogP contribution is -2.06. The Kier molecular flexibility index (Phi) is 4.13. The molecule has 0 saturated heterocycles. The van der Waals surface area contributed by atoms with Crippen molar-refractivity contribution < 1.29 is 19.4 Å². The predicted molar refractivity (Wildman–Crippen MR) is 68.4 cm³/mol. The molecule has 6 heteroatoms. The van der Waals surface area contributed by atoms with Crippen LogP contribution in [0.4, 0.5) is 0 Å². The Morgan fingerprint density at radius 2 is 2.26 bits per heavy atom. The van der Waals surface area contributed by atoms with Gasteiger partial charge in [-0.1, -0.05) is 0 Å². The molecule has 1 N–H and O–H groups in total. The second kappa shape index (κ2) is 5.81. The highest BCUT2D eigenvalue weighted by Crippen LogP contribution is 2.14. The summed E-state index contributed by atoms with van der Waals surface area (Å²) in [6.45, 7) is 3.24. The molecule has 6 nitrogen and oxygen atoms in total. The van der Waals surface area contributed by atoms with Crippen molar-refractivity contribution in [2.24, 2.45) is 0 Å². The summed E-state index contributed by atoms with van der Waals surface area (Å²) in [6.07, 6.45) is 1.71. The van der Waals surface area contributed by atoms with Crippen LogP contribution < -0.4 is 0 Å². The summed E-state index contributed by atoms with van der Waals surface area (Å²) in [7, 11) is 1.61. The quantitative estimate of drug-likeness (QED) is 0.800. The van der Waals surface area contributed by atoms with Crippen molar-refractivity contribution in [3.05, 3.63) is 35.3 Å². The Morgan fingerprint density at radius 3 is 2.95 bits per heavy atom. The number of carbonyl (C=O) groups is 1. The van der Waals surface area contributed by atoms with Crippen molar-refractivity contribution >= 4 is 11.6 Å². The van der Waals surface area contributed by atoms with Crippen LogP contribution in [0.1, 0.15) is 21.7 Å². The average molecular weight is 264 g/mol. The van der Waals surface area contributed by atoms with E-state index in [0.717, 1.165) is 5.69 Å². The second-order valence-electron chi connectivity index (χ2n) is 4.16. The highest BCUT2D eigenvalue weighted by molar-refractivity contribution is 5.94. The summed E-state index contributed by atoms with van der Waals surface area (Å²) in [6, 6.07) is 3.43. The molecule has 0 aliphatic rings. The molecule has 0 amide bonds. The molecule has 0 aliphatic carbocycles. The van der Waals surface area contributed by atoms with E-state index in [-0.39, 0.29) is 5.56 Å². The summed E-state index contributed by atoms with van der Waals surface area (Å²) < 4.78 is 12.0. The van der Waals surface area contributed by atoms with Crippen LogP contribution in [0.3, 0.4) is 0 Å². The fourth-order valence-corrected chi connectivity index (χ4v) is 1.86. The molecule has 0 spiro atoms. The van der Waals surface area contributed by atoms with E-state index in [9.17, 15) is 4.79 Å². The molecular weight excluding hydrogens is 248 g/mol. The third-order valence-corrected chi connectivity index (χ3v) is 2.78. The van der Waals surface area contributed by atoms with Gasteiger partial charge in [0.2, 0.25) is 0 Å². The van der Waals surface area contributed by atoms with Gasteiger partial charge in [-0.2, -0.15) is 0 Å². The predicted octanol–water partition coefficient (Wildman–Crippen LogP) is 1.50. The van der Waals surface area contributed by atoms with Gasteiger partial charge < -0.3 is 19.0 Å². The van der Waals surface area contributed by atoms with Gasteiger partial charge in [0.05, 0.1) is 25.5 Å². The summed E-state index contributed by atoms with van der Waals surface area (Å²) in [5.41, 5.74) is 2.27. The summed E-state index contributed by atoms with van der Waals surface area (Å²) >= 11 is 0. The molecule has 19 heavy (non-hydrogen) atoms. The molecule has 2 aromatic heterocycles. The fourth-order valence-electron chi connectivity index (χ4n) is 1.86. The van der Waals surface area contributed by atoms with Crippen LogP contribution in [-0.2, 0) is 16.1 Å². The number of carboxylic acids is 1. The molecule has 0 radical (unpaired) electrons. The maximum absolute atomic E-state index is 11.1. The summed E-state index contributed by atoms with van der Waals surface area (Å²) in [4.78, 5) is 15.4. The highest BCUT2D eigenvalue weighted by atomic mass is 16.5. The number of hydrogen-bond donors (Lipinski definition) is 1. The highest BCUT2D eigenvalue weighted by Gasteiger charge is 2.13. The number of aromatic carboxylic acids is 1. The van der Waals surface area contributed by atoms with E-state index in [4.69, 9.17) is 14.6 Å². The molecule has 0 unspecified atom stereocenters. The number of aromatic nitrogens is 2. The van der Waals surface area contributed by atoms with Crippen molar-refractivity contribution in [1.29, 1.82) is 0 Å². The fraction of sp³-hybridized carbons (Fsp3) is 0.385. The van der Waals surface area contributed by atoms with Gasteiger partial charge in [-0.05, 0) is 19.1 Å². The van der Waals surface area contributed by atoms with Crippen LogP contribution in [0.15, 0.2) is 18.3 Å². The van der Waals surface area contributed by atoms with E-state index in [1.165, 1.54) is 0 Å². The average Bonchev–Trinajstić information content (AvgIpc) is 2.79. The van der Waals surface area contributed by atoms with Gasteiger partial charge in [-0.15, -0.1) is 0 Å². The second-order valence-corrected chi connectivity index (χ2v) is 4.16. The van der Waals surface area contributed by atoms with E-state index in [2.05, 4.69) is 4.98 Å². The van der Waals surface area contributed by atoms with Gasteiger partial charge in [0.1, 0.15) is 5.56 Å². The Balaban J connectivity index is 2.26. The van der Waals surface area contributed by atoms with Gasteiger partial charge in [-0.25, -0.2) is 9.78 Å². The van der Waals surface area contributed by atoms with E-state index in [1.54, 1.807) is 23.8 Å². The number of hydrogen-bond acceptors (Lipinski definition) is 4. The van der Waals surface area contributed by atoms with Crippen LogP contribution >= 0.6 is 0 Å². The van der Waals surface area contributed by atoms with Crippen molar-refractivity contribution in [3.8, 4) is 0 Å². The Labute approximate surface area is 110 Å². The van der Waals surface area contributed by atoms with Gasteiger partial charge >= 0.3 is 5.97 Å². The lowest BCUT2D eigenvalue weighted by molar-refractivity contribution is 0.0602. The van der Waals surface area contributed by atoms with Crippen molar-refractivity contribution in [2.75, 3.05) is 20.3 Å². The topological polar surface area (TPSA) is 73.1 Å². The normalized spacial score (nSPS) is 11.1. The Bertz CT molecular complexity index is 592. The van der Waals surface area contributed by atoms with Gasteiger partial charge in [0.25, 0.3) is 0 Å². The molecule has 0 fully saturated rings. The molecule has 0 atom stereocenters. The lowest BCUT2D eigenvalue weighted by atomic mass is 10.3. The molecule has 2 aromatic rings. The molecule has 2 rings (SSSR count). The Morgan fingerprint density at radius 1 is 1.47 bits per heavy atom. The van der Waals surface area contributed by atoms with E-state index < -0.39 is 5.97 Å². The zero-order valence-corrected chi connectivity index (χ0v) is 10.9. The van der Waals surface area contributed by atoms with Crippen LogP contribution in [0.2, 0.25) is 0 Å². The largest absolute Gasteiger partial charge is 0.478 e. The van der Waals surface area contributed by atoms with E-state index >= 15 is 0 Å². The number of carboxylic acid groups (broad SMARTS) is 1. The Hall–Kier alpha value is -1.92. The van der Waals surface area contributed by atoms with Gasteiger partial charge in [0, 0.05) is 19.0 Å². The molecule has 0 aromatic carbocycles. The van der Waals surface area contributed by atoms with Crippen LogP contribution in [0.5, 0.6) is 0 Å². The smallest absolute Gasteiger partial charge is 0.339 e. The van der Waals surface area contributed by atoms with Crippen molar-refractivity contribution in [2.45, 2.75) is 13.5 Å². The first-order valence-electron chi connectivity index (χ1n) is 5.91. The monoisotopic (exact) mass is 264 g/mol. The minimum atomic E-state index is -0.980. The third kappa shape index (κ3) is 2.91. The lowest BCUT2D eigenvalue weighted by Gasteiger charge is -2.07. The molecule has 2 heterocycles. The maximum atomic E-state index is 11.1. The molecule has 102 valence electrons. The standard InChI is InChI=1S/C13H16N2O4/c1-9-7-10(8-19-6-5-18-2)14-12-11(13(16)17)3-4-15(9)12/h3-4,7H,5-6,8H2,1-2H3,(H,16,17). The van der Waals surface area contributed by atoms with E-state index in [1.807, 2.05) is 13.0 Å². The van der Waals surface area contributed by atoms with Crippen molar-refractivity contribution in [1.82, 2.24) is 9.38 Å². The molecule has 0 saturated carbocycles. The minimum Gasteiger partial charge on any atom is -0.478 e. The first kappa shape index (κ1) is 13.5. The number of methoxy groups -OCH3 is 1. The van der Waals surface area contributed by atoms with E-state index in [0.29, 0.717) is 31.2 Å². The number of ether oxygens (including phenoxy) is 2. The van der Waals surface area contributed by atoms with Crippen LogP contribution in [-0.4, -0.2) is 40.8 Å². The first-order chi connectivity index (χ1) is 9.13. The zero-order chi connectivity index (χ0) is 13.8. The SMILES string of the molecule is COCCOCc1cc(C)n2ccc(C(=O)O)c2n1. The number of nitrogens with zero attached hydrogens (tertiary/aromatic N) is 2. The summed E-state index contributed by atoms with van der Waals surface area (Å²) in [5, 5.41) is 9.10. The molecule has 0 bridgehead atoms. The van der Waals surface area contributed by atoms with Crippen LogP contribution in [0.25, 0.3) is 5.65 Å². The molecule has 0 aliphatic heterocycles. The number of aryl methyl sites for hydroxylation is 1. The molecular formula is C13H16N2O4. The van der Waals surface area contributed by atoms with Gasteiger partial charge in [-0.3, -0.25) is 0 Å². The van der Waals surface area contributed by atoms with Crippen LogP contribution in [0, 0.1) is 6.92 Å². The van der Waals surface area contributed by atoms with Gasteiger partial charge in [0.15, 0.2) is 5.65 Å². The first-order valence-corrected chi connectivity index (χ1v) is 5.91. The zero-order valence-electron chi connectivity index (χ0n) is 10.9. The number of fused-ring (bicyclic) bond motifs is 1. The maximum Gasteiger partial charge on any atom is 0.339 e. The number of rotatable bonds is 6. The minimum absolute atomic E-state index is 0.196.